The Morgan fingerprint density at radius 3 is 2.67 bits per heavy atom. The average molecular weight is 413 g/mol. The molecular formula is C18H10Cl2N6S. The Hall–Kier alpha value is -2.92. The van der Waals surface area contributed by atoms with Crippen LogP contribution in [0.2, 0.25) is 10.0 Å². The lowest BCUT2D eigenvalue weighted by molar-refractivity contribution is 0.942. The first-order chi connectivity index (χ1) is 13.1. The van der Waals surface area contributed by atoms with Crippen LogP contribution in [0.4, 0.5) is 5.82 Å². The minimum Gasteiger partial charge on any atom is -0.384 e. The van der Waals surface area contributed by atoms with E-state index < -0.39 is 0 Å². The zero-order chi connectivity index (χ0) is 19.0. The molecule has 0 amide bonds. The maximum absolute atomic E-state index is 9.94. The van der Waals surface area contributed by atoms with Gasteiger partial charge in [-0.15, -0.1) is 11.3 Å². The van der Waals surface area contributed by atoms with E-state index in [0.29, 0.717) is 38.2 Å². The molecule has 0 fully saturated rings. The van der Waals surface area contributed by atoms with Crippen molar-refractivity contribution in [1.82, 2.24) is 20.4 Å². The molecule has 0 radical (unpaired) electrons. The van der Waals surface area contributed by atoms with Crippen molar-refractivity contribution in [2.75, 3.05) is 5.73 Å². The summed E-state index contributed by atoms with van der Waals surface area (Å²) in [5.74, 6) is 0.374. The van der Waals surface area contributed by atoms with Gasteiger partial charge in [-0.2, -0.15) is 20.7 Å². The van der Waals surface area contributed by atoms with Crippen LogP contribution >= 0.6 is 34.5 Å². The van der Waals surface area contributed by atoms with E-state index in [1.54, 1.807) is 36.7 Å². The molecule has 0 spiro atoms. The van der Waals surface area contributed by atoms with Crippen molar-refractivity contribution in [1.29, 1.82) is 5.26 Å². The van der Waals surface area contributed by atoms with Crippen LogP contribution in [-0.4, -0.2) is 20.4 Å². The first kappa shape index (κ1) is 17.5. The molecule has 0 aliphatic rings. The van der Waals surface area contributed by atoms with Gasteiger partial charge in [-0.1, -0.05) is 29.3 Å². The van der Waals surface area contributed by atoms with Gasteiger partial charge in [0.05, 0.1) is 21.5 Å². The minimum atomic E-state index is 0.374. The predicted molar refractivity (Wildman–Crippen MR) is 108 cm³/mol. The zero-order valence-corrected chi connectivity index (χ0v) is 15.9. The summed E-state index contributed by atoms with van der Waals surface area (Å²) in [6, 6.07) is 11.0. The standard InChI is InChI=1S/C18H10Cl2N6S/c19-10-1-2-11(13(20)6-10)16-12(7-21)17(9-3-4-23-15(22)5-9)27-18(16)14-8-24-26-25-14/h1-6,8H,(H2,22,23)(H,24,25,26). The predicted octanol–water partition coefficient (Wildman–Crippen LogP) is 5.02. The molecule has 132 valence electrons. The lowest BCUT2D eigenvalue weighted by atomic mass is 9.98. The smallest absolute Gasteiger partial charge is 0.123 e. The van der Waals surface area contributed by atoms with E-state index in [9.17, 15) is 5.26 Å². The summed E-state index contributed by atoms with van der Waals surface area (Å²) in [5.41, 5.74) is 9.10. The van der Waals surface area contributed by atoms with Crippen molar-refractivity contribution in [3.63, 3.8) is 0 Å². The minimum absolute atomic E-state index is 0.374. The van der Waals surface area contributed by atoms with Crippen LogP contribution in [0, 0.1) is 11.3 Å². The highest BCUT2D eigenvalue weighted by Gasteiger charge is 2.24. The Kier molecular flexibility index (Phi) is 4.54. The number of hydrogen-bond acceptors (Lipinski definition) is 6. The number of halogens is 2. The number of pyridine rings is 1. The molecule has 0 saturated heterocycles. The fraction of sp³-hybridized carbons (Fsp3) is 0. The number of benzene rings is 1. The topological polar surface area (TPSA) is 104 Å². The summed E-state index contributed by atoms with van der Waals surface area (Å²) < 4.78 is 0. The number of aromatic nitrogens is 4. The molecule has 0 unspecified atom stereocenters. The summed E-state index contributed by atoms with van der Waals surface area (Å²) in [6.07, 6.45) is 3.21. The molecule has 3 aromatic heterocycles. The second-order valence-electron chi connectivity index (χ2n) is 5.57. The van der Waals surface area contributed by atoms with Crippen molar-refractivity contribution >= 4 is 40.4 Å². The number of nitrogen functional groups attached to an aromatic ring is 1. The van der Waals surface area contributed by atoms with E-state index in [1.165, 1.54) is 11.3 Å². The van der Waals surface area contributed by atoms with Crippen molar-refractivity contribution in [2.45, 2.75) is 0 Å². The van der Waals surface area contributed by atoms with Gasteiger partial charge in [0.1, 0.15) is 17.6 Å². The zero-order valence-electron chi connectivity index (χ0n) is 13.6. The van der Waals surface area contributed by atoms with Gasteiger partial charge in [0.25, 0.3) is 0 Å². The quantitative estimate of drug-likeness (QED) is 0.491. The molecule has 3 heterocycles. The number of aromatic amines is 1. The molecule has 0 aliphatic carbocycles. The summed E-state index contributed by atoms with van der Waals surface area (Å²) in [7, 11) is 0. The van der Waals surface area contributed by atoms with Crippen LogP contribution in [0.5, 0.6) is 0 Å². The van der Waals surface area contributed by atoms with Crippen molar-refractivity contribution in [3.8, 4) is 38.2 Å². The molecular weight excluding hydrogens is 403 g/mol. The highest BCUT2D eigenvalue weighted by molar-refractivity contribution is 7.19. The summed E-state index contributed by atoms with van der Waals surface area (Å²) >= 11 is 13.9. The van der Waals surface area contributed by atoms with Crippen LogP contribution in [0.15, 0.2) is 42.7 Å². The van der Waals surface area contributed by atoms with E-state index in [1.807, 2.05) is 6.07 Å². The maximum Gasteiger partial charge on any atom is 0.123 e. The molecule has 0 aliphatic heterocycles. The average Bonchev–Trinajstić information content (AvgIpc) is 3.29. The Morgan fingerprint density at radius 1 is 1.15 bits per heavy atom. The van der Waals surface area contributed by atoms with E-state index in [2.05, 4.69) is 26.5 Å². The number of nitrogens with two attached hydrogens (primary N) is 1. The maximum atomic E-state index is 9.94. The molecule has 9 heteroatoms. The third-order valence-corrected chi connectivity index (χ3v) is 5.72. The van der Waals surface area contributed by atoms with Crippen LogP contribution in [0.3, 0.4) is 0 Å². The molecule has 0 saturated carbocycles. The molecule has 6 nitrogen and oxygen atoms in total. The monoisotopic (exact) mass is 412 g/mol. The van der Waals surface area contributed by atoms with Gasteiger partial charge in [-0.3, -0.25) is 0 Å². The van der Waals surface area contributed by atoms with E-state index in [0.717, 1.165) is 15.3 Å². The molecule has 0 atom stereocenters. The fourth-order valence-electron chi connectivity index (χ4n) is 2.77. The Morgan fingerprint density at radius 2 is 2.00 bits per heavy atom. The fourth-order valence-corrected chi connectivity index (χ4v) is 4.49. The summed E-state index contributed by atoms with van der Waals surface area (Å²) in [4.78, 5) is 5.55. The van der Waals surface area contributed by atoms with Gasteiger partial charge >= 0.3 is 0 Å². The first-order valence-electron chi connectivity index (χ1n) is 7.69. The number of nitrogens with one attached hydrogen (secondary N) is 1. The molecule has 0 bridgehead atoms. The highest BCUT2D eigenvalue weighted by atomic mass is 35.5. The summed E-state index contributed by atoms with van der Waals surface area (Å²) in [5, 5.41) is 21.6. The summed E-state index contributed by atoms with van der Waals surface area (Å²) in [6.45, 7) is 0. The van der Waals surface area contributed by atoms with E-state index >= 15 is 0 Å². The second-order valence-corrected chi connectivity index (χ2v) is 7.44. The number of rotatable bonds is 3. The van der Waals surface area contributed by atoms with Crippen molar-refractivity contribution in [3.05, 3.63) is 58.3 Å². The number of hydrogen-bond donors (Lipinski definition) is 2. The van der Waals surface area contributed by atoms with Gasteiger partial charge in [-0.05, 0) is 29.8 Å². The number of nitriles is 1. The van der Waals surface area contributed by atoms with E-state index in [-0.39, 0.29) is 0 Å². The van der Waals surface area contributed by atoms with Gasteiger partial charge in [-0.25, -0.2) is 4.98 Å². The first-order valence-corrected chi connectivity index (χ1v) is 9.26. The van der Waals surface area contributed by atoms with Gasteiger partial charge in [0, 0.05) is 27.4 Å². The van der Waals surface area contributed by atoms with E-state index in [4.69, 9.17) is 28.9 Å². The molecule has 4 rings (SSSR count). The normalized spacial score (nSPS) is 10.7. The largest absolute Gasteiger partial charge is 0.384 e. The molecule has 3 N–H and O–H groups in total. The number of thiophene rings is 1. The Balaban J connectivity index is 2.06. The van der Waals surface area contributed by atoms with Crippen LogP contribution in [-0.2, 0) is 0 Å². The van der Waals surface area contributed by atoms with Gasteiger partial charge in [0.2, 0.25) is 0 Å². The van der Waals surface area contributed by atoms with Crippen molar-refractivity contribution < 1.29 is 0 Å². The lowest BCUT2D eigenvalue weighted by Crippen LogP contribution is -1.90. The number of H-pyrrole nitrogens is 1. The van der Waals surface area contributed by atoms with Gasteiger partial charge < -0.3 is 5.73 Å². The lowest BCUT2D eigenvalue weighted by Gasteiger charge is -2.06. The van der Waals surface area contributed by atoms with Crippen LogP contribution in [0.25, 0.3) is 32.1 Å². The van der Waals surface area contributed by atoms with Crippen molar-refractivity contribution in [2.24, 2.45) is 0 Å². The number of nitrogens with zero attached hydrogens (tertiary/aromatic N) is 4. The Labute approximate surface area is 168 Å². The third-order valence-electron chi connectivity index (χ3n) is 3.91. The highest BCUT2D eigenvalue weighted by Crippen LogP contribution is 2.48. The molecule has 1 aromatic carbocycles. The van der Waals surface area contributed by atoms with Crippen LogP contribution < -0.4 is 5.73 Å². The molecule has 4 aromatic rings. The van der Waals surface area contributed by atoms with Crippen LogP contribution in [0.1, 0.15) is 5.56 Å². The Bertz CT molecular complexity index is 1180. The number of anilines is 1. The SMILES string of the molecule is N#Cc1c(-c2ccnc(N)c2)sc(-c2cn[nH]n2)c1-c1ccc(Cl)cc1Cl. The molecule has 27 heavy (non-hydrogen) atoms. The third kappa shape index (κ3) is 3.15. The van der Waals surface area contributed by atoms with Gasteiger partial charge in [0.15, 0.2) is 0 Å². The second kappa shape index (κ2) is 7.00.